The SMILES string of the molecule is Nc1ccc(-c2nccc(-c3ccc(Br)cc3)n2)cc1. The molecule has 3 aromatic rings. The normalized spacial score (nSPS) is 10.4. The lowest BCUT2D eigenvalue weighted by atomic mass is 10.1. The molecule has 0 saturated carbocycles. The van der Waals surface area contributed by atoms with Crippen LogP contribution < -0.4 is 5.73 Å². The van der Waals surface area contributed by atoms with Gasteiger partial charge in [0.15, 0.2) is 5.82 Å². The Labute approximate surface area is 125 Å². The molecule has 0 spiro atoms. The van der Waals surface area contributed by atoms with Crippen LogP contribution in [0.4, 0.5) is 5.69 Å². The van der Waals surface area contributed by atoms with Crippen LogP contribution in [-0.2, 0) is 0 Å². The van der Waals surface area contributed by atoms with Gasteiger partial charge in [-0.05, 0) is 42.5 Å². The topological polar surface area (TPSA) is 51.8 Å². The molecule has 20 heavy (non-hydrogen) atoms. The lowest BCUT2D eigenvalue weighted by molar-refractivity contribution is 1.18. The van der Waals surface area contributed by atoms with E-state index >= 15 is 0 Å². The van der Waals surface area contributed by atoms with Crippen molar-refractivity contribution in [3.63, 3.8) is 0 Å². The second-order valence-electron chi connectivity index (χ2n) is 4.39. The van der Waals surface area contributed by atoms with Crippen LogP contribution in [-0.4, -0.2) is 9.97 Å². The minimum Gasteiger partial charge on any atom is -0.399 e. The molecule has 3 nitrogen and oxygen atoms in total. The Bertz CT molecular complexity index is 661. The van der Waals surface area contributed by atoms with Crippen LogP contribution in [0.3, 0.4) is 0 Å². The highest BCUT2D eigenvalue weighted by molar-refractivity contribution is 9.10. The van der Waals surface area contributed by atoms with Crippen LogP contribution in [0, 0.1) is 0 Å². The molecule has 0 amide bonds. The van der Waals surface area contributed by atoms with Crippen molar-refractivity contribution in [3.8, 4) is 22.6 Å². The Hall–Kier alpha value is -2.20. The van der Waals surface area contributed by atoms with Crippen molar-refractivity contribution in [2.45, 2.75) is 0 Å². The molecule has 0 fully saturated rings. The van der Waals surface area contributed by atoms with E-state index in [0.717, 1.165) is 27.0 Å². The summed E-state index contributed by atoms with van der Waals surface area (Å²) in [6, 6.07) is 17.5. The highest BCUT2D eigenvalue weighted by Gasteiger charge is 2.04. The molecule has 2 N–H and O–H groups in total. The van der Waals surface area contributed by atoms with Gasteiger partial charge >= 0.3 is 0 Å². The Morgan fingerprint density at radius 3 is 2.15 bits per heavy atom. The monoisotopic (exact) mass is 325 g/mol. The molecule has 0 aliphatic heterocycles. The van der Waals surface area contributed by atoms with E-state index < -0.39 is 0 Å². The van der Waals surface area contributed by atoms with E-state index in [9.17, 15) is 0 Å². The summed E-state index contributed by atoms with van der Waals surface area (Å²) in [6.07, 6.45) is 1.77. The maximum Gasteiger partial charge on any atom is 0.159 e. The number of aromatic nitrogens is 2. The zero-order valence-corrected chi connectivity index (χ0v) is 12.2. The molecular formula is C16H12BrN3. The number of nitrogens with two attached hydrogens (primary N) is 1. The zero-order valence-electron chi connectivity index (χ0n) is 10.6. The van der Waals surface area contributed by atoms with Crippen molar-refractivity contribution in [2.75, 3.05) is 5.73 Å². The first-order valence-electron chi connectivity index (χ1n) is 6.17. The fraction of sp³-hybridized carbons (Fsp3) is 0. The van der Waals surface area contributed by atoms with E-state index in [1.54, 1.807) is 6.20 Å². The van der Waals surface area contributed by atoms with Crippen molar-refractivity contribution >= 4 is 21.6 Å². The van der Waals surface area contributed by atoms with Gasteiger partial charge in [-0.1, -0.05) is 28.1 Å². The second-order valence-corrected chi connectivity index (χ2v) is 5.31. The van der Waals surface area contributed by atoms with Crippen LogP contribution >= 0.6 is 15.9 Å². The number of rotatable bonds is 2. The van der Waals surface area contributed by atoms with Crippen LogP contribution in [0.15, 0.2) is 65.3 Å². The smallest absolute Gasteiger partial charge is 0.159 e. The lowest BCUT2D eigenvalue weighted by Gasteiger charge is -2.04. The Kier molecular flexibility index (Phi) is 3.48. The Morgan fingerprint density at radius 1 is 0.800 bits per heavy atom. The highest BCUT2D eigenvalue weighted by Crippen LogP contribution is 2.22. The molecule has 0 radical (unpaired) electrons. The molecule has 0 atom stereocenters. The molecule has 0 aliphatic rings. The van der Waals surface area contributed by atoms with E-state index in [-0.39, 0.29) is 0 Å². The van der Waals surface area contributed by atoms with Crippen LogP contribution in [0.5, 0.6) is 0 Å². The number of halogens is 1. The maximum absolute atomic E-state index is 5.69. The van der Waals surface area contributed by atoms with Gasteiger partial charge in [-0.3, -0.25) is 0 Å². The van der Waals surface area contributed by atoms with Crippen LogP contribution in [0.1, 0.15) is 0 Å². The van der Waals surface area contributed by atoms with Crippen LogP contribution in [0.25, 0.3) is 22.6 Å². The lowest BCUT2D eigenvalue weighted by Crippen LogP contribution is -1.92. The molecule has 98 valence electrons. The quantitative estimate of drug-likeness (QED) is 0.720. The van der Waals surface area contributed by atoms with E-state index in [1.807, 2.05) is 54.6 Å². The van der Waals surface area contributed by atoms with Crippen molar-refractivity contribution in [3.05, 3.63) is 65.3 Å². The summed E-state index contributed by atoms with van der Waals surface area (Å²) in [6.45, 7) is 0. The highest BCUT2D eigenvalue weighted by atomic mass is 79.9. The largest absolute Gasteiger partial charge is 0.399 e. The molecule has 0 bridgehead atoms. The Morgan fingerprint density at radius 2 is 1.45 bits per heavy atom. The first-order valence-corrected chi connectivity index (χ1v) is 6.96. The van der Waals surface area contributed by atoms with Crippen molar-refractivity contribution in [2.24, 2.45) is 0 Å². The standard InChI is InChI=1S/C16H12BrN3/c17-13-5-1-11(2-6-13)15-9-10-19-16(20-15)12-3-7-14(18)8-4-12/h1-10H,18H2. The third-order valence-electron chi connectivity index (χ3n) is 2.96. The first-order chi connectivity index (χ1) is 9.72. The summed E-state index contributed by atoms with van der Waals surface area (Å²) in [5, 5.41) is 0. The third-order valence-corrected chi connectivity index (χ3v) is 3.49. The van der Waals surface area contributed by atoms with Gasteiger partial charge in [0, 0.05) is 27.5 Å². The minimum atomic E-state index is 0.699. The molecule has 0 saturated heterocycles. The number of nitrogens with zero attached hydrogens (tertiary/aromatic N) is 2. The number of benzene rings is 2. The van der Waals surface area contributed by atoms with Crippen molar-refractivity contribution in [1.29, 1.82) is 0 Å². The average molecular weight is 326 g/mol. The van der Waals surface area contributed by atoms with Gasteiger partial charge in [0.1, 0.15) is 0 Å². The molecule has 0 unspecified atom stereocenters. The summed E-state index contributed by atoms with van der Waals surface area (Å²) < 4.78 is 1.05. The Balaban J connectivity index is 2.01. The molecule has 1 aromatic heterocycles. The molecule has 4 heteroatoms. The minimum absolute atomic E-state index is 0.699. The number of hydrogen-bond donors (Lipinski definition) is 1. The summed E-state index contributed by atoms with van der Waals surface area (Å²) in [5.41, 5.74) is 9.35. The molecular weight excluding hydrogens is 314 g/mol. The predicted molar refractivity (Wildman–Crippen MR) is 85.0 cm³/mol. The van der Waals surface area contributed by atoms with Gasteiger partial charge in [-0.15, -0.1) is 0 Å². The van der Waals surface area contributed by atoms with Gasteiger partial charge in [-0.2, -0.15) is 0 Å². The van der Waals surface area contributed by atoms with Crippen LogP contribution in [0.2, 0.25) is 0 Å². The number of anilines is 1. The van der Waals surface area contributed by atoms with E-state index in [4.69, 9.17) is 5.73 Å². The van der Waals surface area contributed by atoms with Gasteiger partial charge in [0.25, 0.3) is 0 Å². The number of hydrogen-bond acceptors (Lipinski definition) is 3. The van der Waals surface area contributed by atoms with Crippen molar-refractivity contribution in [1.82, 2.24) is 9.97 Å². The molecule has 2 aromatic carbocycles. The first kappa shape index (κ1) is 12.8. The van der Waals surface area contributed by atoms with Gasteiger partial charge in [0.2, 0.25) is 0 Å². The van der Waals surface area contributed by atoms with E-state index in [0.29, 0.717) is 5.82 Å². The predicted octanol–water partition coefficient (Wildman–Crippen LogP) is 4.16. The fourth-order valence-electron chi connectivity index (χ4n) is 1.91. The van der Waals surface area contributed by atoms with Gasteiger partial charge in [-0.25, -0.2) is 9.97 Å². The van der Waals surface area contributed by atoms with Gasteiger partial charge in [0.05, 0.1) is 5.69 Å². The molecule has 0 aliphatic carbocycles. The number of nitrogen functional groups attached to an aromatic ring is 1. The summed E-state index contributed by atoms with van der Waals surface area (Å²) >= 11 is 3.43. The maximum atomic E-state index is 5.69. The van der Waals surface area contributed by atoms with Gasteiger partial charge < -0.3 is 5.73 Å². The zero-order chi connectivity index (χ0) is 13.9. The molecule has 3 rings (SSSR count). The third kappa shape index (κ3) is 2.70. The second kappa shape index (κ2) is 5.43. The average Bonchev–Trinajstić information content (AvgIpc) is 2.49. The summed E-state index contributed by atoms with van der Waals surface area (Å²) in [5.74, 6) is 0.699. The molecule has 1 heterocycles. The van der Waals surface area contributed by atoms with Crippen molar-refractivity contribution < 1.29 is 0 Å². The fourth-order valence-corrected chi connectivity index (χ4v) is 2.18. The summed E-state index contributed by atoms with van der Waals surface area (Å²) in [4.78, 5) is 8.93. The summed E-state index contributed by atoms with van der Waals surface area (Å²) in [7, 11) is 0. The van der Waals surface area contributed by atoms with E-state index in [1.165, 1.54) is 0 Å². The van der Waals surface area contributed by atoms with E-state index in [2.05, 4.69) is 25.9 Å².